The predicted molar refractivity (Wildman–Crippen MR) is 297 cm³/mol. The molecule has 14 rings (SSSR count). The van der Waals surface area contributed by atoms with Gasteiger partial charge in [0.15, 0.2) is 0 Å². The summed E-state index contributed by atoms with van der Waals surface area (Å²) in [4.78, 5) is 0. The summed E-state index contributed by atoms with van der Waals surface area (Å²) in [5, 5.41) is 0. The summed E-state index contributed by atoms with van der Waals surface area (Å²) in [7, 11) is 0. The summed E-state index contributed by atoms with van der Waals surface area (Å²) in [6.45, 7) is 10.4. The van der Waals surface area contributed by atoms with Crippen LogP contribution in [-0.4, -0.2) is 0 Å². The van der Waals surface area contributed by atoms with Crippen LogP contribution >= 0.6 is 0 Å². The van der Waals surface area contributed by atoms with Gasteiger partial charge in [-0.05, 0) is 159 Å². The average Bonchev–Trinajstić information content (AvgIpc) is 3.65. The Labute approximate surface area is 418 Å². The molecule has 1 spiro atoms. The Morgan fingerprint density at radius 2 is 0.729 bits per heavy atom. The van der Waals surface area contributed by atoms with Crippen LogP contribution in [0.3, 0.4) is 0 Å². The van der Waals surface area contributed by atoms with E-state index in [1.807, 2.05) is 26.0 Å². The van der Waals surface area contributed by atoms with Gasteiger partial charge in [0.2, 0.25) is 0 Å². The molecule has 4 unspecified atom stereocenters. The zero-order valence-electron chi connectivity index (χ0n) is 41.8. The summed E-state index contributed by atoms with van der Waals surface area (Å²) in [5.41, 5.74) is 24.9. The molecule has 0 saturated heterocycles. The molecule has 346 valence electrons. The van der Waals surface area contributed by atoms with Crippen molar-refractivity contribution in [3.8, 4) is 55.6 Å². The molecule has 0 aromatic heterocycles. The minimum Gasteiger partial charge on any atom is -0.0683 e. The molecule has 3 saturated carbocycles. The first kappa shape index (κ1) is 45.4. The van der Waals surface area contributed by atoms with Gasteiger partial charge < -0.3 is 0 Å². The average molecular weight is 907 g/mol. The maximum absolute atomic E-state index is 2.71. The molecule has 2 bridgehead atoms. The van der Waals surface area contributed by atoms with E-state index in [1.54, 1.807) is 5.56 Å². The minimum absolute atomic E-state index is 0.278. The molecule has 3 fully saturated rings. The van der Waals surface area contributed by atoms with Crippen molar-refractivity contribution in [1.29, 1.82) is 0 Å². The van der Waals surface area contributed by atoms with Crippen LogP contribution in [0.25, 0.3) is 55.6 Å². The van der Waals surface area contributed by atoms with Gasteiger partial charge in [-0.1, -0.05) is 256 Å². The molecule has 70 heavy (non-hydrogen) atoms. The zero-order valence-corrected chi connectivity index (χ0v) is 41.8. The second-order valence-corrected chi connectivity index (χ2v) is 20.7. The van der Waals surface area contributed by atoms with Crippen LogP contribution < -0.4 is 0 Å². The Hall–Kier alpha value is -7.02. The quantitative estimate of drug-likeness (QED) is 0.165. The standard InChI is InChI=1S/C42H36.2C13H12.C2H6/c1-26-10-14-29(15-11-26)30-16-18-35-36-19-17-31(41-24-28-13-12-27(20-28)21-32(41)25-41)23-40(36)42(39(35)22-30)37-8-4-2-6-33(37)34-7-3-5-9-38(34)42;2*1-11-7-9-13(10-8-11)12-5-3-2-4-6-12;1-2/h2-11,14-19,22-23,27-28,32H,12-13,20-21,24-25H2,1H3;2*2-10H,1H3;1-2H3. The van der Waals surface area contributed by atoms with Gasteiger partial charge in [0.1, 0.15) is 0 Å². The van der Waals surface area contributed by atoms with E-state index in [-0.39, 0.29) is 5.41 Å². The Bertz CT molecular complexity index is 3120. The van der Waals surface area contributed by atoms with Crippen molar-refractivity contribution in [3.63, 3.8) is 0 Å². The highest BCUT2D eigenvalue weighted by Crippen LogP contribution is 2.68. The second-order valence-electron chi connectivity index (χ2n) is 20.7. The SMILES string of the molecule is CC.Cc1ccc(-c2ccc3c(c2)C2(c4ccccc4-c4ccccc42)c2cc(C45CC6CCC(C6)CC4C5)ccc2-3)cc1.Cc1ccc(-c2ccccc2)cc1.Cc1ccc(-c2ccccc2)cc1. The van der Waals surface area contributed by atoms with Crippen molar-refractivity contribution in [2.24, 2.45) is 17.8 Å². The highest BCUT2D eigenvalue weighted by Gasteiger charge is 2.60. The molecule has 0 heteroatoms. The second kappa shape index (κ2) is 19.1. The van der Waals surface area contributed by atoms with Crippen molar-refractivity contribution < 1.29 is 0 Å². The smallest absolute Gasteiger partial charge is 0.0683 e. The molecule has 5 aliphatic carbocycles. The van der Waals surface area contributed by atoms with Crippen LogP contribution in [0.4, 0.5) is 0 Å². The highest BCUT2D eigenvalue weighted by atomic mass is 14.6. The van der Waals surface area contributed by atoms with E-state index in [2.05, 4.69) is 227 Å². The third kappa shape index (κ3) is 8.16. The van der Waals surface area contributed by atoms with E-state index in [4.69, 9.17) is 0 Å². The normalized spacial score (nSPS) is 19.8. The molecular formula is C70H66. The summed E-state index contributed by atoms with van der Waals surface area (Å²) in [5.74, 6) is 2.82. The van der Waals surface area contributed by atoms with Crippen molar-refractivity contribution in [2.75, 3.05) is 0 Å². The van der Waals surface area contributed by atoms with Crippen LogP contribution in [0.2, 0.25) is 0 Å². The van der Waals surface area contributed by atoms with Gasteiger partial charge in [0, 0.05) is 0 Å². The molecule has 0 aliphatic heterocycles. The maximum atomic E-state index is 2.71. The fourth-order valence-corrected chi connectivity index (χ4v) is 13.0. The van der Waals surface area contributed by atoms with E-state index in [0.29, 0.717) is 5.41 Å². The predicted octanol–water partition coefficient (Wildman–Crippen LogP) is 18.8. The van der Waals surface area contributed by atoms with Gasteiger partial charge in [-0.2, -0.15) is 0 Å². The van der Waals surface area contributed by atoms with Crippen molar-refractivity contribution in [2.45, 2.75) is 84.0 Å². The van der Waals surface area contributed by atoms with Crippen LogP contribution in [0.1, 0.15) is 96.9 Å². The largest absolute Gasteiger partial charge is 0.0725 e. The Morgan fingerprint density at radius 1 is 0.329 bits per heavy atom. The summed E-state index contributed by atoms with van der Waals surface area (Å²) >= 11 is 0. The van der Waals surface area contributed by atoms with Crippen molar-refractivity contribution in [1.82, 2.24) is 0 Å². The van der Waals surface area contributed by atoms with Crippen molar-refractivity contribution >= 4 is 0 Å². The van der Waals surface area contributed by atoms with Crippen molar-refractivity contribution in [3.05, 3.63) is 263 Å². The molecule has 9 aromatic rings. The van der Waals surface area contributed by atoms with Crippen LogP contribution in [0.5, 0.6) is 0 Å². The van der Waals surface area contributed by atoms with E-state index >= 15 is 0 Å². The topological polar surface area (TPSA) is 0 Å². The molecule has 0 N–H and O–H groups in total. The van der Waals surface area contributed by atoms with Crippen LogP contribution in [0.15, 0.2) is 218 Å². The number of fused-ring (bicyclic) bond motifs is 13. The Kier molecular flexibility index (Phi) is 12.4. The lowest BCUT2D eigenvalue weighted by molar-refractivity contribution is 0.422. The van der Waals surface area contributed by atoms with Gasteiger partial charge in [0.05, 0.1) is 5.41 Å². The molecule has 0 amide bonds. The Morgan fingerprint density at radius 3 is 1.26 bits per heavy atom. The fraction of sp³-hybridized carbons (Fsp3) is 0.229. The van der Waals surface area contributed by atoms with Crippen LogP contribution in [0, 0.1) is 38.5 Å². The first-order valence-electron chi connectivity index (χ1n) is 26.2. The number of aryl methyl sites for hydroxylation is 3. The monoisotopic (exact) mass is 907 g/mol. The molecule has 4 atom stereocenters. The zero-order chi connectivity index (χ0) is 47.8. The molecule has 9 aromatic carbocycles. The number of rotatable bonds is 4. The number of hydrogen-bond acceptors (Lipinski definition) is 0. The van der Waals surface area contributed by atoms with E-state index < -0.39 is 0 Å². The van der Waals surface area contributed by atoms with E-state index in [9.17, 15) is 0 Å². The lowest BCUT2D eigenvalue weighted by atomic mass is 9.69. The van der Waals surface area contributed by atoms with Gasteiger partial charge in [-0.25, -0.2) is 0 Å². The summed E-state index contributed by atoms with van der Waals surface area (Å²) in [6.07, 6.45) is 8.71. The molecule has 0 radical (unpaired) electrons. The third-order valence-corrected chi connectivity index (χ3v) is 16.5. The number of hydrogen-bond donors (Lipinski definition) is 0. The van der Waals surface area contributed by atoms with E-state index in [1.165, 1.54) is 133 Å². The summed E-state index contributed by atoms with van der Waals surface area (Å²) < 4.78 is 0. The maximum Gasteiger partial charge on any atom is 0.0725 e. The molecule has 0 heterocycles. The van der Waals surface area contributed by atoms with Crippen LogP contribution in [-0.2, 0) is 10.8 Å². The number of benzene rings is 9. The minimum atomic E-state index is -0.278. The lowest BCUT2D eigenvalue weighted by Crippen LogP contribution is -2.26. The first-order chi connectivity index (χ1) is 34.4. The van der Waals surface area contributed by atoms with Gasteiger partial charge in [-0.3, -0.25) is 0 Å². The molecule has 5 aliphatic rings. The fourth-order valence-electron chi connectivity index (χ4n) is 13.0. The van der Waals surface area contributed by atoms with E-state index in [0.717, 1.165) is 17.8 Å². The van der Waals surface area contributed by atoms with Gasteiger partial charge >= 0.3 is 0 Å². The molecule has 0 nitrogen and oxygen atoms in total. The third-order valence-electron chi connectivity index (χ3n) is 16.5. The summed E-state index contributed by atoms with van der Waals surface area (Å²) in [6, 6.07) is 80.7. The van der Waals surface area contributed by atoms with Gasteiger partial charge in [-0.15, -0.1) is 0 Å². The first-order valence-corrected chi connectivity index (χ1v) is 26.2. The highest BCUT2D eigenvalue weighted by molar-refractivity contribution is 5.96. The Balaban J connectivity index is 0.000000155. The lowest BCUT2D eigenvalue weighted by Gasteiger charge is -2.32. The molecular weight excluding hydrogens is 841 g/mol. The van der Waals surface area contributed by atoms with Gasteiger partial charge in [0.25, 0.3) is 0 Å².